The second kappa shape index (κ2) is 10.2. The third-order valence-electron chi connectivity index (χ3n) is 5.95. The molecule has 9 nitrogen and oxygen atoms in total. The first-order chi connectivity index (χ1) is 18.0. The van der Waals surface area contributed by atoms with Crippen molar-refractivity contribution in [3.05, 3.63) is 124 Å². The number of nitrogens with zero attached hydrogens (tertiary/aromatic N) is 2. The molecule has 9 heteroatoms. The maximum absolute atomic E-state index is 12.7. The Bertz CT molecular complexity index is 1640. The van der Waals surface area contributed by atoms with Gasteiger partial charge in [0.15, 0.2) is 0 Å². The van der Waals surface area contributed by atoms with E-state index < -0.39 is 0 Å². The minimum Gasteiger partial charge on any atom is -0.397 e. The summed E-state index contributed by atoms with van der Waals surface area (Å²) in [5.74, 6) is -0.535. The Morgan fingerprint density at radius 2 is 1.65 bits per heavy atom. The number of nitrogens with one attached hydrogen (secondary N) is 3. The van der Waals surface area contributed by atoms with Gasteiger partial charge in [0.2, 0.25) is 0 Å². The average Bonchev–Trinajstić information content (AvgIpc) is 3.23. The molecule has 0 aliphatic carbocycles. The maximum Gasteiger partial charge on any atom is 0.326 e. The van der Waals surface area contributed by atoms with Crippen LogP contribution in [-0.2, 0) is 13.1 Å². The number of fused-ring (bicyclic) bond motifs is 1. The molecule has 0 radical (unpaired) electrons. The minimum absolute atomic E-state index is 0.244. The van der Waals surface area contributed by atoms with E-state index in [1.54, 1.807) is 65.4 Å². The lowest BCUT2D eigenvalue weighted by Gasteiger charge is -2.09. The highest BCUT2D eigenvalue weighted by Crippen LogP contribution is 2.19. The van der Waals surface area contributed by atoms with Crippen LogP contribution < -0.4 is 22.1 Å². The van der Waals surface area contributed by atoms with Gasteiger partial charge in [0.25, 0.3) is 11.8 Å². The number of benzene rings is 3. The summed E-state index contributed by atoms with van der Waals surface area (Å²) in [6.45, 7) is 0.638. The predicted molar refractivity (Wildman–Crippen MR) is 142 cm³/mol. The van der Waals surface area contributed by atoms with Gasteiger partial charge < -0.3 is 21.4 Å². The summed E-state index contributed by atoms with van der Waals surface area (Å²) in [5.41, 5.74) is 10.7. The summed E-state index contributed by atoms with van der Waals surface area (Å²) < 4.78 is 1.63. The predicted octanol–water partition coefficient (Wildman–Crippen LogP) is 3.54. The summed E-state index contributed by atoms with van der Waals surface area (Å²) in [6, 6.07) is 24.8. The lowest BCUT2D eigenvalue weighted by molar-refractivity contribution is 0.0945. The molecule has 0 aliphatic heterocycles. The van der Waals surface area contributed by atoms with Crippen molar-refractivity contribution in [2.75, 3.05) is 11.1 Å². The van der Waals surface area contributed by atoms with E-state index in [-0.39, 0.29) is 17.5 Å². The molecule has 0 bridgehead atoms. The number of anilines is 2. The zero-order chi connectivity index (χ0) is 25.8. The molecular weight excluding hydrogens is 468 g/mol. The number of amides is 2. The quantitative estimate of drug-likeness (QED) is 0.258. The van der Waals surface area contributed by atoms with E-state index in [0.29, 0.717) is 41.2 Å². The van der Waals surface area contributed by atoms with Gasteiger partial charge in [-0.2, -0.15) is 0 Å². The molecule has 2 heterocycles. The average molecular weight is 493 g/mol. The van der Waals surface area contributed by atoms with Crippen molar-refractivity contribution in [2.45, 2.75) is 13.1 Å². The molecule has 184 valence electrons. The minimum atomic E-state index is -0.267. The highest BCUT2D eigenvalue weighted by atomic mass is 16.2. The van der Waals surface area contributed by atoms with E-state index in [1.165, 1.54) is 0 Å². The number of hydrogen-bond donors (Lipinski definition) is 4. The van der Waals surface area contributed by atoms with Gasteiger partial charge >= 0.3 is 5.69 Å². The lowest BCUT2D eigenvalue weighted by atomic mass is 10.1. The maximum atomic E-state index is 12.7. The van der Waals surface area contributed by atoms with E-state index in [2.05, 4.69) is 20.6 Å². The highest BCUT2D eigenvalue weighted by molar-refractivity contribution is 6.05. The summed E-state index contributed by atoms with van der Waals surface area (Å²) >= 11 is 0. The molecule has 0 unspecified atom stereocenters. The Balaban J connectivity index is 1.27. The van der Waals surface area contributed by atoms with Crippen molar-refractivity contribution < 1.29 is 9.59 Å². The molecule has 2 aromatic heterocycles. The number of imidazole rings is 1. The summed E-state index contributed by atoms with van der Waals surface area (Å²) in [4.78, 5) is 44.4. The van der Waals surface area contributed by atoms with Crippen molar-refractivity contribution in [1.29, 1.82) is 0 Å². The smallest absolute Gasteiger partial charge is 0.326 e. The Hall–Kier alpha value is -5.18. The normalized spacial score (nSPS) is 10.8. The van der Waals surface area contributed by atoms with Crippen molar-refractivity contribution in [3.63, 3.8) is 0 Å². The molecule has 0 saturated heterocycles. The third kappa shape index (κ3) is 5.25. The fourth-order valence-electron chi connectivity index (χ4n) is 4.00. The highest BCUT2D eigenvalue weighted by Gasteiger charge is 2.12. The van der Waals surface area contributed by atoms with Gasteiger partial charge in [-0.3, -0.25) is 19.1 Å². The first-order valence-corrected chi connectivity index (χ1v) is 11.6. The van der Waals surface area contributed by atoms with Gasteiger partial charge in [-0.05, 0) is 59.7 Å². The molecule has 5 N–H and O–H groups in total. The second-order valence-corrected chi connectivity index (χ2v) is 8.50. The number of carbonyl (C=O) groups is 2. The van der Waals surface area contributed by atoms with Crippen LogP contribution >= 0.6 is 0 Å². The van der Waals surface area contributed by atoms with Crippen molar-refractivity contribution in [1.82, 2.24) is 19.9 Å². The van der Waals surface area contributed by atoms with Gasteiger partial charge in [-0.15, -0.1) is 0 Å². The van der Waals surface area contributed by atoms with Crippen LogP contribution in [0.15, 0.2) is 95.9 Å². The number of rotatable bonds is 7. The van der Waals surface area contributed by atoms with E-state index in [9.17, 15) is 14.4 Å². The Labute approximate surface area is 212 Å². The SMILES string of the molecule is Nc1ccccc1NC(=O)c1ccc(Cn2c(=O)[nH]c3cc(CNC(=O)c4ccccn4)ccc32)cc1. The number of hydrogen-bond acceptors (Lipinski definition) is 5. The number of aromatic amines is 1. The molecule has 3 aromatic carbocycles. The molecule has 2 amide bonds. The molecule has 5 aromatic rings. The lowest BCUT2D eigenvalue weighted by Crippen LogP contribution is -2.23. The third-order valence-corrected chi connectivity index (χ3v) is 5.95. The largest absolute Gasteiger partial charge is 0.397 e. The van der Waals surface area contributed by atoms with Gasteiger partial charge in [-0.25, -0.2) is 4.79 Å². The Morgan fingerprint density at radius 1 is 0.892 bits per heavy atom. The van der Waals surface area contributed by atoms with Crippen LogP contribution in [0.25, 0.3) is 11.0 Å². The van der Waals surface area contributed by atoms with Crippen LogP contribution in [0, 0.1) is 0 Å². The summed E-state index contributed by atoms with van der Waals surface area (Å²) in [5, 5.41) is 5.64. The van der Waals surface area contributed by atoms with Crippen LogP contribution in [0.1, 0.15) is 32.0 Å². The molecule has 0 aliphatic rings. The van der Waals surface area contributed by atoms with Gasteiger partial charge in [-0.1, -0.05) is 36.4 Å². The van der Waals surface area contributed by atoms with E-state index in [1.807, 2.05) is 30.3 Å². The zero-order valence-electron chi connectivity index (χ0n) is 19.8. The van der Waals surface area contributed by atoms with Crippen LogP contribution in [0.3, 0.4) is 0 Å². The van der Waals surface area contributed by atoms with E-state index in [4.69, 9.17) is 5.73 Å². The van der Waals surface area contributed by atoms with Crippen molar-refractivity contribution >= 4 is 34.2 Å². The van der Waals surface area contributed by atoms with Crippen molar-refractivity contribution in [3.8, 4) is 0 Å². The van der Waals surface area contributed by atoms with Gasteiger partial charge in [0, 0.05) is 18.3 Å². The monoisotopic (exact) mass is 492 g/mol. The summed E-state index contributed by atoms with van der Waals surface area (Å²) in [7, 11) is 0. The Kier molecular flexibility index (Phi) is 6.50. The topological polar surface area (TPSA) is 135 Å². The number of carbonyl (C=O) groups excluding carboxylic acids is 2. The molecule has 0 fully saturated rings. The van der Waals surface area contributed by atoms with E-state index in [0.717, 1.165) is 16.6 Å². The van der Waals surface area contributed by atoms with Crippen molar-refractivity contribution in [2.24, 2.45) is 0 Å². The van der Waals surface area contributed by atoms with Gasteiger partial charge in [0.05, 0.1) is 29.0 Å². The molecule has 37 heavy (non-hydrogen) atoms. The number of pyridine rings is 1. The Morgan fingerprint density at radius 3 is 2.41 bits per heavy atom. The van der Waals surface area contributed by atoms with Crippen LogP contribution in [0.5, 0.6) is 0 Å². The molecule has 0 saturated carbocycles. The zero-order valence-corrected chi connectivity index (χ0v) is 19.8. The fourth-order valence-corrected chi connectivity index (χ4v) is 4.00. The summed E-state index contributed by atoms with van der Waals surface area (Å²) in [6.07, 6.45) is 1.57. The molecule has 0 atom stereocenters. The molecular formula is C28H24N6O3. The number of para-hydroxylation sites is 2. The second-order valence-electron chi connectivity index (χ2n) is 8.50. The number of aromatic nitrogens is 3. The van der Waals surface area contributed by atoms with Crippen LogP contribution in [0.2, 0.25) is 0 Å². The van der Waals surface area contributed by atoms with E-state index >= 15 is 0 Å². The molecule has 5 rings (SSSR count). The first kappa shape index (κ1) is 23.6. The number of nitrogen functional groups attached to an aromatic ring is 1. The fraction of sp³-hybridized carbons (Fsp3) is 0.0714. The van der Waals surface area contributed by atoms with Crippen LogP contribution in [0.4, 0.5) is 11.4 Å². The molecule has 0 spiro atoms. The van der Waals surface area contributed by atoms with Crippen LogP contribution in [-0.4, -0.2) is 26.3 Å². The first-order valence-electron chi connectivity index (χ1n) is 11.6. The standard InChI is InChI=1S/C28H24N6O3/c29-21-5-1-2-6-22(21)32-26(35)20-11-8-18(9-12-20)17-34-25-13-10-19(15-24(25)33-28(34)37)16-31-27(36)23-7-3-4-14-30-23/h1-15H,16-17,29H2,(H,31,36)(H,32,35)(H,33,37). The van der Waals surface area contributed by atoms with Gasteiger partial charge in [0.1, 0.15) is 5.69 Å². The number of H-pyrrole nitrogens is 1. The number of nitrogens with two attached hydrogens (primary N) is 1.